The standard InChI is InChI=1S/C8H17NO2S.CH4/c1-7-5-3-4-6-8(7)9-12(2,10)11;/h7-9H,3-6H2,1-2H3;1H4/t7-,8-;/m0./s1. The van der Waals surface area contributed by atoms with Crippen LogP contribution >= 0.6 is 0 Å². The minimum atomic E-state index is -3.01. The van der Waals surface area contributed by atoms with Gasteiger partial charge in [-0.2, -0.15) is 0 Å². The molecule has 1 rings (SSSR count). The first-order chi connectivity index (χ1) is 5.49. The van der Waals surface area contributed by atoms with Gasteiger partial charge < -0.3 is 0 Å². The van der Waals surface area contributed by atoms with Crippen LogP contribution in [0.3, 0.4) is 0 Å². The van der Waals surface area contributed by atoms with E-state index in [2.05, 4.69) is 11.6 Å². The molecule has 3 nitrogen and oxygen atoms in total. The molecule has 1 aliphatic carbocycles. The van der Waals surface area contributed by atoms with Gasteiger partial charge in [0.15, 0.2) is 0 Å². The van der Waals surface area contributed by atoms with Gasteiger partial charge in [-0.25, -0.2) is 13.1 Å². The van der Waals surface area contributed by atoms with Crippen molar-refractivity contribution in [2.75, 3.05) is 6.26 Å². The van der Waals surface area contributed by atoms with Gasteiger partial charge in [0, 0.05) is 6.04 Å². The summed E-state index contributed by atoms with van der Waals surface area (Å²) in [6.45, 7) is 2.11. The van der Waals surface area contributed by atoms with Crippen molar-refractivity contribution in [1.82, 2.24) is 4.72 Å². The Morgan fingerprint density at radius 3 is 2.23 bits per heavy atom. The van der Waals surface area contributed by atoms with E-state index in [9.17, 15) is 8.42 Å². The van der Waals surface area contributed by atoms with Crippen LogP contribution in [0, 0.1) is 5.92 Å². The molecule has 1 aliphatic rings. The fraction of sp³-hybridized carbons (Fsp3) is 1.00. The summed E-state index contributed by atoms with van der Waals surface area (Å²) in [5.74, 6) is 0.494. The van der Waals surface area contributed by atoms with Gasteiger partial charge in [0.25, 0.3) is 0 Å². The third-order valence-corrected chi connectivity index (χ3v) is 3.21. The molecule has 0 aromatic carbocycles. The summed E-state index contributed by atoms with van der Waals surface area (Å²) in [6.07, 6.45) is 5.76. The molecule has 0 spiro atoms. The molecule has 0 aromatic heterocycles. The van der Waals surface area contributed by atoms with Crippen molar-refractivity contribution in [1.29, 1.82) is 0 Å². The number of rotatable bonds is 2. The van der Waals surface area contributed by atoms with Crippen LogP contribution in [0.5, 0.6) is 0 Å². The van der Waals surface area contributed by atoms with Crippen molar-refractivity contribution < 1.29 is 8.42 Å². The summed E-state index contributed by atoms with van der Waals surface area (Å²) in [5, 5.41) is 0. The molecule has 4 heteroatoms. The van der Waals surface area contributed by atoms with Gasteiger partial charge >= 0.3 is 0 Å². The topological polar surface area (TPSA) is 46.2 Å². The summed E-state index contributed by atoms with van der Waals surface area (Å²) in [4.78, 5) is 0. The molecule has 0 saturated heterocycles. The second-order valence-corrected chi connectivity index (χ2v) is 5.54. The number of hydrogen-bond acceptors (Lipinski definition) is 2. The zero-order valence-electron chi connectivity index (χ0n) is 7.71. The van der Waals surface area contributed by atoms with E-state index in [4.69, 9.17) is 0 Å². The molecule has 0 aromatic rings. The Kier molecular flexibility index (Phi) is 4.92. The minimum absolute atomic E-state index is 0. The largest absolute Gasteiger partial charge is 0.213 e. The summed E-state index contributed by atoms with van der Waals surface area (Å²) < 4.78 is 24.5. The predicted molar refractivity (Wildman–Crippen MR) is 56.1 cm³/mol. The second kappa shape index (κ2) is 4.96. The highest BCUT2D eigenvalue weighted by molar-refractivity contribution is 7.88. The fourth-order valence-corrected chi connectivity index (χ4v) is 2.67. The van der Waals surface area contributed by atoms with Crippen molar-refractivity contribution in [3.63, 3.8) is 0 Å². The van der Waals surface area contributed by atoms with Gasteiger partial charge in [0.05, 0.1) is 6.26 Å². The van der Waals surface area contributed by atoms with Gasteiger partial charge in [-0.05, 0) is 18.8 Å². The molecule has 0 amide bonds. The van der Waals surface area contributed by atoms with E-state index in [-0.39, 0.29) is 13.5 Å². The van der Waals surface area contributed by atoms with E-state index in [1.165, 1.54) is 12.7 Å². The van der Waals surface area contributed by atoms with E-state index in [0.717, 1.165) is 19.3 Å². The molecule has 2 atom stereocenters. The number of sulfonamides is 1. The van der Waals surface area contributed by atoms with Gasteiger partial charge in [-0.1, -0.05) is 27.2 Å². The highest BCUT2D eigenvalue weighted by Gasteiger charge is 2.23. The number of nitrogens with one attached hydrogen (secondary N) is 1. The van der Waals surface area contributed by atoms with Crippen molar-refractivity contribution >= 4 is 10.0 Å². The van der Waals surface area contributed by atoms with Crippen LogP contribution in [0.15, 0.2) is 0 Å². The highest BCUT2D eigenvalue weighted by atomic mass is 32.2. The summed E-state index contributed by atoms with van der Waals surface area (Å²) in [6, 6.07) is 0.175. The number of hydrogen-bond donors (Lipinski definition) is 1. The van der Waals surface area contributed by atoms with Crippen molar-refractivity contribution in [2.45, 2.75) is 46.1 Å². The van der Waals surface area contributed by atoms with Crippen molar-refractivity contribution in [3.8, 4) is 0 Å². The van der Waals surface area contributed by atoms with Crippen molar-refractivity contribution in [2.24, 2.45) is 5.92 Å². The molecule has 1 N–H and O–H groups in total. The maximum Gasteiger partial charge on any atom is 0.208 e. The van der Waals surface area contributed by atoms with Gasteiger partial charge in [-0.15, -0.1) is 0 Å². The lowest BCUT2D eigenvalue weighted by atomic mass is 9.87. The monoisotopic (exact) mass is 207 g/mol. The molecular weight excluding hydrogens is 186 g/mol. The van der Waals surface area contributed by atoms with E-state index in [0.29, 0.717) is 5.92 Å². The Hall–Kier alpha value is -0.0900. The summed E-state index contributed by atoms with van der Waals surface area (Å²) >= 11 is 0. The Morgan fingerprint density at radius 1 is 1.23 bits per heavy atom. The molecule has 80 valence electrons. The maximum atomic E-state index is 10.9. The normalized spacial score (nSPS) is 29.4. The quantitative estimate of drug-likeness (QED) is 0.750. The third-order valence-electron chi connectivity index (χ3n) is 2.48. The van der Waals surface area contributed by atoms with Crippen LogP contribution in [-0.4, -0.2) is 20.7 Å². The Morgan fingerprint density at radius 2 is 1.77 bits per heavy atom. The molecule has 1 fully saturated rings. The van der Waals surface area contributed by atoms with Crippen LogP contribution in [-0.2, 0) is 10.0 Å². The molecule has 0 unspecified atom stereocenters. The van der Waals surface area contributed by atoms with Crippen molar-refractivity contribution in [3.05, 3.63) is 0 Å². The van der Waals surface area contributed by atoms with Crippen LogP contribution in [0.1, 0.15) is 40.0 Å². The van der Waals surface area contributed by atoms with Crippen LogP contribution < -0.4 is 4.72 Å². The van der Waals surface area contributed by atoms with Gasteiger partial charge in [-0.3, -0.25) is 0 Å². The predicted octanol–water partition coefficient (Wildman–Crippen LogP) is 1.75. The molecule has 0 bridgehead atoms. The molecular formula is C9H21NO2S. The first-order valence-corrected chi connectivity index (χ1v) is 6.35. The Balaban J connectivity index is 0.00000144. The first kappa shape index (κ1) is 12.9. The van der Waals surface area contributed by atoms with Crippen LogP contribution in [0.4, 0.5) is 0 Å². The van der Waals surface area contributed by atoms with Gasteiger partial charge in [0.1, 0.15) is 0 Å². The first-order valence-electron chi connectivity index (χ1n) is 4.46. The smallest absolute Gasteiger partial charge is 0.208 e. The van der Waals surface area contributed by atoms with Crippen LogP contribution in [0.25, 0.3) is 0 Å². The molecule has 0 aliphatic heterocycles. The summed E-state index contributed by atoms with van der Waals surface area (Å²) in [5.41, 5.74) is 0. The van der Waals surface area contributed by atoms with E-state index in [1.807, 2.05) is 0 Å². The molecule has 0 heterocycles. The third kappa shape index (κ3) is 4.62. The zero-order chi connectivity index (χ0) is 9.19. The molecule has 0 radical (unpaired) electrons. The lowest BCUT2D eigenvalue weighted by Gasteiger charge is -2.28. The fourth-order valence-electron chi connectivity index (χ4n) is 1.77. The zero-order valence-corrected chi connectivity index (χ0v) is 8.52. The van der Waals surface area contributed by atoms with Gasteiger partial charge in [0.2, 0.25) is 10.0 Å². The SMILES string of the molecule is C.C[C@H]1CCCC[C@@H]1NS(C)(=O)=O. The average molecular weight is 207 g/mol. The maximum absolute atomic E-state index is 10.9. The Bertz CT molecular complexity index is 236. The van der Waals surface area contributed by atoms with E-state index >= 15 is 0 Å². The Labute approximate surface area is 82.0 Å². The summed E-state index contributed by atoms with van der Waals surface area (Å²) in [7, 11) is -3.01. The average Bonchev–Trinajstić information content (AvgIpc) is 1.91. The van der Waals surface area contributed by atoms with Crippen LogP contribution in [0.2, 0.25) is 0 Å². The second-order valence-electron chi connectivity index (χ2n) is 3.76. The molecule has 1 saturated carbocycles. The lowest BCUT2D eigenvalue weighted by Crippen LogP contribution is -2.40. The van der Waals surface area contributed by atoms with E-state index in [1.54, 1.807) is 0 Å². The molecule has 13 heavy (non-hydrogen) atoms. The minimum Gasteiger partial charge on any atom is -0.213 e. The highest BCUT2D eigenvalue weighted by Crippen LogP contribution is 2.23. The lowest BCUT2D eigenvalue weighted by molar-refractivity contribution is 0.311. The van der Waals surface area contributed by atoms with E-state index < -0.39 is 10.0 Å².